The fourth-order valence-electron chi connectivity index (χ4n) is 7.18. The second-order valence-corrected chi connectivity index (χ2v) is 10.2. The average molecular weight is 341 g/mol. The van der Waals surface area contributed by atoms with Crippen molar-refractivity contribution < 1.29 is 4.79 Å². The van der Waals surface area contributed by atoms with Gasteiger partial charge in [-0.25, -0.2) is 0 Å². The molecule has 0 spiro atoms. The zero-order valence-electron chi connectivity index (χ0n) is 16.8. The Kier molecular flexibility index (Phi) is 4.09. The van der Waals surface area contributed by atoms with Crippen LogP contribution < -0.4 is 0 Å². The highest BCUT2D eigenvalue weighted by Crippen LogP contribution is 2.69. The molecule has 138 valence electrons. The van der Waals surface area contributed by atoms with Crippen molar-refractivity contribution >= 4 is 5.78 Å². The number of hydrogen-bond donors (Lipinski definition) is 0. The van der Waals surface area contributed by atoms with Gasteiger partial charge >= 0.3 is 0 Å². The lowest BCUT2D eigenvalue weighted by atomic mass is 9.49. The van der Waals surface area contributed by atoms with Gasteiger partial charge in [0, 0.05) is 11.8 Å². The average Bonchev–Trinajstić information content (AvgIpc) is 2.85. The molecule has 0 aromatic heterocycles. The fraction of sp³-hybridized carbons (Fsp3) is 0.792. The first-order chi connectivity index (χ1) is 11.8. The van der Waals surface area contributed by atoms with Gasteiger partial charge in [0.05, 0.1) is 0 Å². The first-order valence-corrected chi connectivity index (χ1v) is 10.8. The van der Waals surface area contributed by atoms with E-state index in [0.717, 1.165) is 31.1 Å². The molecule has 0 amide bonds. The van der Waals surface area contributed by atoms with Gasteiger partial charge in [-0.15, -0.1) is 0 Å². The third kappa shape index (κ3) is 2.37. The Hall–Kier alpha value is -0.850. The lowest BCUT2D eigenvalue weighted by molar-refractivity contribution is -0.115. The van der Waals surface area contributed by atoms with Crippen LogP contribution in [-0.2, 0) is 4.79 Å². The van der Waals surface area contributed by atoms with Crippen LogP contribution in [-0.4, -0.2) is 5.78 Å². The van der Waals surface area contributed by atoms with Crippen LogP contribution in [0.1, 0.15) is 91.9 Å². The molecule has 2 fully saturated rings. The van der Waals surface area contributed by atoms with Crippen LogP contribution in [0, 0.1) is 28.1 Å². The van der Waals surface area contributed by atoms with Crippen LogP contribution in [0.25, 0.3) is 0 Å². The molecular weight excluding hydrogens is 304 g/mol. The Bertz CT molecular complexity index is 640. The topological polar surface area (TPSA) is 17.1 Å². The zero-order chi connectivity index (χ0) is 17.9. The van der Waals surface area contributed by atoms with E-state index in [1.54, 1.807) is 5.57 Å². The summed E-state index contributed by atoms with van der Waals surface area (Å²) in [6, 6.07) is 0. The number of ketones is 1. The van der Waals surface area contributed by atoms with Crippen LogP contribution in [0.3, 0.4) is 0 Å². The summed E-state index contributed by atoms with van der Waals surface area (Å²) in [6.07, 6.45) is 17.1. The summed E-state index contributed by atoms with van der Waals surface area (Å²) in [6.45, 7) is 9.98. The highest BCUT2D eigenvalue weighted by atomic mass is 16.1. The van der Waals surface area contributed by atoms with Gasteiger partial charge in [-0.05, 0) is 73.7 Å². The van der Waals surface area contributed by atoms with Gasteiger partial charge in [-0.1, -0.05) is 57.8 Å². The van der Waals surface area contributed by atoms with E-state index in [9.17, 15) is 4.79 Å². The van der Waals surface area contributed by atoms with Gasteiger partial charge in [0.25, 0.3) is 0 Å². The molecule has 0 bridgehead atoms. The summed E-state index contributed by atoms with van der Waals surface area (Å²) >= 11 is 0. The third-order valence-corrected chi connectivity index (χ3v) is 9.19. The van der Waals surface area contributed by atoms with Crippen molar-refractivity contribution in [3.05, 3.63) is 23.3 Å². The molecule has 0 N–H and O–H groups in total. The lowest BCUT2D eigenvalue weighted by Crippen LogP contribution is -2.46. The Morgan fingerprint density at radius 2 is 1.92 bits per heavy atom. The molecule has 0 saturated heterocycles. The maximum Gasteiger partial charge on any atom is 0.155 e. The van der Waals surface area contributed by atoms with E-state index in [1.807, 2.05) is 6.08 Å². The van der Waals surface area contributed by atoms with E-state index in [2.05, 4.69) is 33.8 Å². The summed E-state index contributed by atoms with van der Waals surface area (Å²) in [5, 5.41) is 0. The highest BCUT2D eigenvalue weighted by molar-refractivity contribution is 5.92. The van der Waals surface area contributed by atoms with Gasteiger partial charge in [0.15, 0.2) is 5.78 Å². The molecule has 4 aliphatic carbocycles. The molecular formula is C24H36O. The van der Waals surface area contributed by atoms with E-state index >= 15 is 0 Å². The second-order valence-electron chi connectivity index (χ2n) is 10.2. The Morgan fingerprint density at radius 1 is 1.12 bits per heavy atom. The van der Waals surface area contributed by atoms with Crippen molar-refractivity contribution in [2.24, 2.45) is 28.1 Å². The molecule has 0 aromatic rings. The lowest BCUT2D eigenvalue weighted by Gasteiger charge is -2.55. The Labute approximate surface area is 154 Å². The van der Waals surface area contributed by atoms with E-state index in [-0.39, 0.29) is 5.41 Å². The molecule has 0 heterocycles. The number of fused-ring (bicyclic) bond motifs is 5. The van der Waals surface area contributed by atoms with Crippen LogP contribution in [0.4, 0.5) is 0 Å². The van der Waals surface area contributed by atoms with Crippen LogP contribution in [0.5, 0.6) is 0 Å². The van der Waals surface area contributed by atoms with Gasteiger partial charge in [-0.3, -0.25) is 4.79 Å². The number of carbonyl (C=O) groups is 1. The maximum absolute atomic E-state index is 11.9. The van der Waals surface area contributed by atoms with Crippen molar-refractivity contribution in [2.75, 3.05) is 0 Å². The van der Waals surface area contributed by atoms with Crippen molar-refractivity contribution in [1.82, 2.24) is 0 Å². The van der Waals surface area contributed by atoms with Crippen molar-refractivity contribution in [2.45, 2.75) is 91.9 Å². The van der Waals surface area contributed by atoms with Gasteiger partial charge in [-0.2, -0.15) is 0 Å². The SMILES string of the molecule is CCCC[C@@]1(C)CC[C@H]2C3CCC4=CC(=O)CC[C@]4(C)C3=CC[C@@]21C. The number of allylic oxidation sites excluding steroid dienone is 4. The fourth-order valence-corrected chi connectivity index (χ4v) is 7.18. The number of carbonyl (C=O) groups excluding carboxylic acids is 1. The second kappa shape index (κ2) is 5.83. The van der Waals surface area contributed by atoms with E-state index < -0.39 is 0 Å². The number of unbranched alkanes of at least 4 members (excludes halogenated alkanes) is 1. The van der Waals surface area contributed by atoms with E-state index in [4.69, 9.17) is 0 Å². The molecule has 4 aliphatic rings. The van der Waals surface area contributed by atoms with Crippen molar-refractivity contribution in [3.8, 4) is 0 Å². The summed E-state index contributed by atoms with van der Waals surface area (Å²) in [4.78, 5) is 11.9. The van der Waals surface area contributed by atoms with Crippen LogP contribution in [0.15, 0.2) is 23.3 Å². The minimum absolute atomic E-state index is 0.195. The molecule has 0 radical (unpaired) electrons. The molecule has 0 aromatic carbocycles. The smallest absolute Gasteiger partial charge is 0.155 e. The molecule has 0 aliphatic heterocycles. The molecule has 1 unspecified atom stereocenters. The Balaban J connectivity index is 1.69. The first kappa shape index (κ1) is 17.6. The monoisotopic (exact) mass is 340 g/mol. The normalized spacial score (nSPS) is 46.0. The zero-order valence-corrected chi connectivity index (χ0v) is 16.8. The summed E-state index contributed by atoms with van der Waals surface area (Å²) in [7, 11) is 0. The largest absolute Gasteiger partial charge is 0.295 e. The first-order valence-electron chi connectivity index (χ1n) is 10.8. The van der Waals surface area contributed by atoms with E-state index in [1.165, 1.54) is 50.5 Å². The maximum atomic E-state index is 11.9. The van der Waals surface area contributed by atoms with E-state index in [0.29, 0.717) is 16.6 Å². The predicted molar refractivity (Wildman–Crippen MR) is 104 cm³/mol. The summed E-state index contributed by atoms with van der Waals surface area (Å²) < 4.78 is 0. The summed E-state index contributed by atoms with van der Waals surface area (Å²) in [5.74, 6) is 2.00. The molecule has 4 rings (SSSR count). The van der Waals surface area contributed by atoms with Crippen molar-refractivity contribution in [3.63, 3.8) is 0 Å². The van der Waals surface area contributed by atoms with Crippen LogP contribution >= 0.6 is 0 Å². The molecule has 5 atom stereocenters. The van der Waals surface area contributed by atoms with Crippen LogP contribution in [0.2, 0.25) is 0 Å². The molecule has 2 saturated carbocycles. The number of hydrogen-bond acceptors (Lipinski definition) is 1. The quantitative estimate of drug-likeness (QED) is 0.527. The molecule has 1 nitrogen and oxygen atoms in total. The summed E-state index contributed by atoms with van der Waals surface area (Å²) in [5.41, 5.74) is 4.37. The highest BCUT2D eigenvalue weighted by Gasteiger charge is 2.59. The van der Waals surface area contributed by atoms with Gasteiger partial charge < -0.3 is 0 Å². The molecule has 25 heavy (non-hydrogen) atoms. The molecule has 1 heteroatoms. The Morgan fingerprint density at radius 3 is 2.68 bits per heavy atom. The minimum Gasteiger partial charge on any atom is -0.295 e. The van der Waals surface area contributed by atoms with Gasteiger partial charge in [0.1, 0.15) is 0 Å². The predicted octanol–water partition coefficient (Wildman–Crippen LogP) is 6.63. The third-order valence-electron chi connectivity index (χ3n) is 9.19. The standard InChI is InChI=1S/C24H36O/c1-5-6-12-22(2)13-10-21-19-8-7-17-16-18(25)9-14-23(17,3)20(19)11-15-24(21,22)4/h11,16,19,21H,5-10,12-15H2,1-4H3/t19?,21-,22-,23-,24-/m0/s1. The minimum atomic E-state index is 0.195. The van der Waals surface area contributed by atoms with Gasteiger partial charge in [0.2, 0.25) is 0 Å². The number of rotatable bonds is 3. The van der Waals surface area contributed by atoms with Crippen molar-refractivity contribution in [1.29, 1.82) is 0 Å².